The molecule has 0 fully saturated rings. The first-order valence-electron chi connectivity index (χ1n) is 10.1. The van der Waals surface area contributed by atoms with Gasteiger partial charge in [-0.25, -0.2) is 9.69 Å². The number of aryl methyl sites for hydroxylation is 1. The Morgan fingerprint density at radius 3 is 2.36 bits per heavy atom. The number of nitrogens with zero attached hydrogens (tertiary/aromatic N) is 1. The zero-order chi connectivity index (χ0) is 23.7. The minimum Gasteiger partial charge on any atom is -0.454 e. The Morgan fingerprint density at radius 2 is 1.64 bits per heavy atom. The Hall–Kier alpha value is -3.48. The second kappa shape index (κ2) is 9.17. The molecule has 0 aliphatic carbocycles. The van der Waals surface area contributed by atoms with Gasteiger partial charge in [-0.05, 0) is 54.4 Å². The molecule has 1 heterocycles. The highest BCUT2D eigenvalue weighted by Crippen LogP contribution is 2.31. The normalized spacial score (nSPS) is 12.6. The number of ketones is 1. The fraction of sp³-hybridized carbons (Fsp3) is 0.120. The lowest BCUT2D eigenvalue weighted by molar-refractivity contribution is 0.0474. The molecule has 1 aliphatic heterocycles. The van der Waals surface area contributed by atoms with Crippen LogP contribution >= 0.6 is 23.2 Å². The number of hydrogen-bond acceptors (Lipinski definition) is 5. The standard InChI is InChI=1S/C25H17Cl2NO5/c1-2-14-5-3-4-6-21(14)28-23(30)17-9-7-15(11-19(17)24(28)31)25(32)33-13-22(29)18-10-8-16(26)12-20(18)27/h3-12H,2,13H2,1H3. The van der Waals surface area contributed by atoms with E-state index in [1.807, 2.05) is 19.1 Å². The maximum Gasteiger partial charge on any atom is 0.338 e. The molecule has 0 unspecified atom stereocenters. The highest BCUT2D eigenvalue weighted by molar-refractivity contribution is 6.37. The van der Waals surface area contributed by atoms with Crippen LogP contribution in [0.15, 0.2) is 60.7 Å². The molecule has 0 atom stereocenters. The first kappa shape index (κ1) is 22.7. The summed E-state index contributed by atoms with van der Waals surface area (Å²) in [6.45, 7) is 1.39. The summed E-state index contributed by atoms with van der Waals surface area (Å²) in [7, 11) is 0. The van der Waals surface area contributed by atoms with Crippen molar-refractivity contribution in [3.63, 3.8) is 0 Å². The molecule has 0 saturated heterocycles. The number of rotatable bonds is 6. The summed E-state index contributed by atoms with van der Waals surface area (Å²) in [5.41, 5.74) is 1.90. The number of carbonyl (C=O) groups excluding carboxylic acids is 4. The maximum absolute atomic E-state index is 13.0. The number of hydrogen-bond donors (Lipinski definition) is 0. The van der Waals surface area contributed by atoms with Gasteiger partial charge in [-0.3, -0.25) is 14.4 Å². The van der Waals surface area contributed by atoms with Crippen molar-refractivity contribution in [3.05, 3.63) is 98.5 Å². The third-order valence-corrected chi connectivity index (χ3v) is 5.85. The number of esters is 1. The lowest BCUT2D eigenvalue weighted by Crippen LogP contribution is -2.30. The topological polar surface area (TPSA) is 80.8 Å². The number of ether oxygens (including phenoxy) is 1. The average Bonchev–Trinajstić information content (AvgIpc) is 3.06. The molecular formula is C25H17Cl2NO5. The number of halogens is 2. The van der Waals surface area contributed by atoms with E-state index >= 15 is 0 Å². The largest absolute Gasteiger partial charge is 0.454 e. The van der Waals surface area contributed by atoms with Crippen molar-refractivity contribution in [2.45, 2.75) is 13.3 Å². The molecule has 0 spiro atoms. The van der Waals surface area contributed by atoms with Crippen LogP contribution < -0.4 is 4.90 Å². The molecule has 0 aromatic heterocycles. The van der Waals surface area contributed by atoms with Gasteiger partial charge < -0.3 is 4.74 Å². The minimum absolute atomic E-state index is 0.0514. The van der Waals surface area contributed by atoms with E-state index in [0.717, 1.165) is 10.5 Å². The number of amides is 2. The van der Waals surface area contributed by atoms with Crippen LogP contribution in [-0.4, -0.2) is 30.2 Å². The number of carbonyl (C=O) groups is 4. The summed E-state index contributed by atoms with van der Waals surface area (Å²) >= 11 is 11.8. The molecule has 33 heavy (non-hydrogen) atoms. The number of para-hydroxylation sites is 1. The van der Waals surface area contributed by atoms with Crippen molar-refractivity contribution in [2.75, 3.05) is 11.5 Å². The van der Waals surface area contributed by atoms with Crippen LogP contribution in [0.3, 0.4) is 0 Å². The van der Waals surface area contributed by atoms with Crippen LogP contribution in [0.4, 0.5) is 5.69 Å². The van der Waals surface area contributed by atoms with Crippen molar-refractivity contribution in [1.82, 2.24) is 0 Å². The zero-order valence-corrected chi connectivity index (χ0v) is 18.9. The van der Waals surface area contributed by atoms with E-state index in [9.17, 15) is 19.2 Å². The fourth-order valence-electron chi connectivity index (χ4n) is 3.62. The van der Waals surface area contributed by atoms with E-state index < -0.39 is 30.2 Å². The summed E-state index contributed by atoms with van der Waals surface area (Å²) in [4.78, 5) is 51.9. The predicted molar refractivity (Wildman–Crippen MR) is 124 cm³/mol. The summed E-state index contributed by atoms with van der Waals surface area (Å²) in [6, 6.07) is 15.7. The molecule has 3 aromatic carbocycles. The Morgan fingerprint density at radius 1 is 0.909 bits per heavy atom. The summed E-state index contributed by atoms with van der Waals surface area (Å²) in [5.74, 6) is -2.28. The van der Waals surface area contributed by atoms with Gasteiger partial charge in [0.15, 0.2) is 6.61 Å². The van der Waals surface area contributed by atoms with Crippen molar-refractivity contribution in [1.29, 1.82) is 0 Å². The molecule has 3 aromatic rings. The SMILES string of the molecule is CCc1ccccc1N1C(=O)c2ccc(C(=O)OCC(=O)c3ccc(Cl)cc3Cl)cc2C1=O. The van der Waals surface area contributed by atoms with E-state index in [1.54, 1.807) is 12.1 Å². The molecule has 4 rings (SSSR count). The average molecular weight is 482 g/mol. The maximum atomic E-state index is 13.0. The van der Waals surface area contributed by atoms with Gasteiger partial charge in [0, 0.05) is 10.6 Å². The van der Waals surface area contributed by atoms with E-state index in [-0.39, 0.29) is 27.3 Å². The van der Waals surface area contributed by atoms with Gasteiger partial charge in [0.25, 0.3) is 11.8 Å². The van der Waals surface area contributed by atoms with Gasteiger partial charge in [-0.1, -0.05) is 48.3 Å². The van der Waals surface area contributed by atoms with E-state index in [4.69, 9.17) is 27.9 Å². The summed E-state index contributed by atoms with van der Waals surface area (Å²) < 4.78 is 5.11. The molecular weight excluding hydrogens is 465 g/mol. The Labute approximate surface area is 199 Å². The minimum atomic E-state index is -0.802. The second-order valence-electron chi connectivity index (χ2n) is 7.31. The van der Waals surface area contributed by atoms with Crippen LogP contribution in [0.25, 0.3) is 0 Å². The second-order valence-corrected chi connectivity index (χ2v) is 8.16. The van der Waals surface area contributed by atoms with Gasteiger partial charge in [0.2, 0.25) is 5.78 Å². The molecule has 6 nitrogen and oxygen atoms in total. The number of fused-ring (bicyclic) bond motifs is 1. The smallest absolute Gasteiger partial charge is 0.338 e. The van der Waals surface area contributed by atoms with E-state index in [0.29, 0.717) is 17.1 Å². The van der Waals surface area contributed by atoms with Gasteiger partial charge in [-0.2, -0.15) is 0 Å². The van der Waals surface area contributed by atoms with E-state index in [2.05, 4.69) is 0 Å². The molecule has 166 valence electrons. The third-order valence-electron chi connectivity index (χ3n) is 5.30. The number of anilines is 1. The first-order chi connectivity index (χ1) is 15.8. The van der Waals surface area contributed by atoms with Gasteiger partial charge in [0.1, 0.15) is 0 Å². The van der Waals surface area contributed by atoms with Crippen LogP contribution in [0.5, 0.6) is 0 Å². The lowest BCUT2D eigenvalue weighted by atomic mass is 10.1. The van der Waals surface area contributed by atoms with Gasteiger partial charge in [0.05, 0.1) is 27.4 Å². The van der Waals surface area contributed by atoms with E-state index in [1.165, 1.54) is 36.4 Å². The molecule has 0 saturated carbocycles. The highest BCUT2D eigenvalue weighted by Gasteiger charge is 2.38. The third kappa shape index (κ3) is 4.27. The quantitative estimate of drug-likeness (QED) is 0.267. The molecule has 8 heteroatoms. The molecule has 0 bridgehead atoms. The van der Waals surface area contributed by atoms with Gasteiger partial charge >= 0.3 is 5.97 Å². The predicted octanol–water partition coefficient (Wildman–Crippen LogP) is 5.40. The Balaban J connectivity index is 1.53. The molecule has 1 aliphatic rings. The van der Waals surface area contributed by atoms with Crippen molar-refractivity contribution in [2.24, 2.45) is 0 Å². The van der Waals surface area contributed by atoms with Crippen molar-refractivity contribution >= 4 is 52.5 Å². The molecule has 0 N–H and O–H groups in total. The number of benzene rings is 3. The lowest BCUT2D eigenvalue weighted by Gasteiger charge is -2.17. The summed E-state index contributed by atoms with van der Waals surface area (Å²) in [5, 5.41) is 0.527. The molecule has 2 amide bonds. The van der Waals surface area contributed by atoms with Crippen LogP contribution in [0.1, 0.15) is 53.9 Å². The van der Waals surface area contributed by atoms with Crippen molar-refractivity contribution in [3.8, 4) is 0 Å². The first-order valence-corrected chi connectivity index (χ1v) is 10.8. The molecule has 0 radical (unpaired) electrons. The van der Waals surface area contributed by atoms with Crippen LogP contribution in [-0.2, 0) is 11.2 Å². The fourth-order valence-corrected chi connectivity index (χ4v) is 4.14. The van der Waals surface area contributed by atoms with Crippen LogP contribution in [0, 0.1) is 0 Å². The monoisotopic (exact) mass is 481 g/mol. The summed E-state index contributed by atoms with van der Waals surface area (Å²) in [6.07, 6.45) is 0.646. The highest BCUT2D eigenvalue weighted by atomic mass is 35.5. The zero-order valence-electron chi connectivity index (χ0n) is 17.4. The van der Waals surface area contributed by atoms with Gasteiger partial charge in [-0.15, -0.1) is 0 Å². The van der Waals surface area contributed by atoms with Crippen LogP contribution in [0.2, 0.25) is 10.0 Å². The Bertz CT molecular complexity index is 1320. The number of imide groups is 1. The van der Waals surface area contributed by atoms with Crippen molar-refractivity contribution < 1.29 is 23.9 Å². The number of Topliss-reactive ketones (excluding diaryl/α,β-unsaturated/α-hetero) is 1. The Kier molecular flexibility index (Phi) is 6.31.